The highest BCUT2D eigenvalue weighted by atomic mass is 32.2. The molecule has 1 amide bonds. The first-order chi connectivity index (χ1) is 8.87. The molecule has 1 aliphatic carbocycles. The van der Waals surface area contributed by atoms with Crippen molar-refractivity contribution in [2.75, 3.05) is 18.1 Å². The Kier molecular flexibility index (Phi) is 5.53. The normalized spacial score (nSPS) is 23.0. The van der Waals surface area contributed by atoms with Crippen LogP contribution < -0.4 is 5.32 Å². The standard InChI is InChI=1S/C12H19NO5S/c1-2-19(17,18)8-7-13-11(14)9-5-3-4-6-10(9)12(15)16/h3-4,9-10H,2,5-8H2,1H3,(H,13,14)(H,15,16)/t9-,10+/m1/s1. The molecule has 0 aromatic rings. The highest BCUT2D eigenvalue weighted by Crippen LogP contribution is 2.25. The van der Waals surface area contributed by atoms with Gasteiger partial charge in [-0.15, -0.1) is 0 Å². The molecule has 108 valence electrons. The highest BCUT2D eigenvalue weighted by molar-refractivity contribution is 7.91. The number of sulfone groups is 1. The predicted molar refractivity (Wildman–Crippen MR) is 70.3 cm³/mol. The molecule has 1 rings (SSSR count). The number of carboxylic acids is 1. The van der Waals surface area contributed by atoms with E-state index in [-0.39, 0.29) is 24.0 Å². The molecular formula is C12H19NO5S. The molecule has 2 N–H and O–H groups in total. The molecular weight excluding hydrogens is 270 g/mol. The molecule has 19 heavy (non-hydrogen) atoms. The molecule has 1 aliphatic rings. The molecule has 0 radical (unpaired) electrons. The minimum Gasteiger partial charge on any atom is -0.481 e. The average molecular weight is 289 g/mol. The monoisotopic (exact) mass is 289 g/mol. The van der Waals surface area contributed by atoms with E-state index < -0.39 is 27.6 Å². The third-order valence-corrected chi connectivity index (χ3v) is 4.94. The first kappa shape index (κ1) is 15.7. The number of carbonyl (C=O) groups is 2. The van der Waals surface area contributed by atoms with E-state index in [1.807, 2.05) is 0 Å². The quantitative estimate of drug-likeness (QED) is 0.680. The largest absolute Gasteiger partial charge is 0.481 e. The second-order valence-electron chi connectivity index (χ2n) is 4.52. The third kappa shape index (κ3) is 4.66. The van der Waals surface area contributed by atoms with Crippen molar-refractivity contribution in [1.82, 2.24) is 5.32 Å². The van der Waals surface area contributed by atoms with Gasteiger partial charge in [-0.2, -0.15) is 0 Å². The lowest BCUT2D eigenvalue weighted by Gasteiger charge is -2.24. The summed E-state index contributed by atoms with van der Waals surface area (Å²) in [5.74, 6) is -2.81. The summed E-state index contributed by atoms with van der Waals surface area (Å²) in [4.78, 5) is 22.9. The Hall–Kier alpha value is -1.37. The SMILES string of the molecule is CCS(=O)(=O)CCNC(=O)[C@@H]1CC=CC[C@@H]1C(=O)O. The predicted octanol–water partition coefficient (Wildman–Crippen LogP) is 0.204. The van der Waals surface area contributed by atoms with Crippen LogP contribution in [-0.2, 0) is 19.4 Å². The smallest absolute Gasteiger partial charge is 0.307 e. The van der Waals surface area contributed by atoms with Crippen molar-refractivity contribution in [2.24, 2.45) is 11.8 Å². The van der Waals surface area contributed by atoms with Crippen molar-refractivity contribution < 1.29 is 23.1 Å². The van der Waals surface area contributed by atoms with Gasteiger partial charge in [-0.05, 0) is 12.8 Å². The molecule has 2 atom stereocenters. The van der Waals surface area contributed by atoms with Crippen LogP contribution in [0.2, 0.25) is 0 Å². The zero-order valence-corrected chi connectivity index (χ0v) is 11.6. The van der Waals surface area contributed by atoms with E-state index >= 15 is 0 Å². The van der Waals surface area contributed by atoms with Gasteiger partial charge < -0.3 is 10.4 Å². The number of aliphatic carboxylic acids is 1. The van der Waals surface area contributed by atoms with Crippen molar-refractivity contribution in [3.05, 3.63) is 12.2 Å². The van der Waals surface area contributed by atoms with Gasteiger partial charge in [-0.3, -0.25) is 9.59 Å². The molecule has 0 bridgehead atoms. The van der Waals surface area contributed by atoms with Gasteiger partial charge >= 0.3 is 5.97 Å². The zero-order valence-electron chi connectivity index (χ0n) is 10.8. The number of rotatable bonds is 6. The van der Waals surface area contributed by atoms with Crippen LogP contribution in [0.5, 0.6) is 0 Å². The molecule has 0 aromatic carbocycles. The average Bonchev–Trinajstić information content (AvgIpc) is 2.38. The molecule has 0 spiro atoms. The summed E-state index contributed by atoms with van der Waals surface area (Å²) in [6, 6.07) is 0. The van der Waals surface area contributed by atoms with E-state index in [2.05, 4.69) is 5.32 Å². The van der Waals surface area contributed by atoms with E-state index in [1.165, 1.54) is 0 Å². The summed E-state index contributed by atoms with van der Waals surface area (Å²) in [6.07, 6.45) is 4.25. The molecule has 0 saturated carbocycles. The lowest BCUT2D eigenvalue weighted by atomic mass is 9.82. The van der Waals surface area contributed by atoms with Crippen LogP contribution >= 0.6 is 0 Å². The van der Waals surface area contributed by atoms with Gasteiger partial charge in [0, 0.05) is 12.3 Å². The Morgan fingerprint density at radius 3 is 2.37 bits per heavy atom. The fraction of sp³-hybridized carbons (Fsp3) is 0.667. The van der Waals surface area contributed by atoms with Gasteiger partial charge in [0.1, 0.15) is 0 Å². The number of nitrogens with one attached hydrogen (secondary N) is 1. The first-order valence-electron chi connectivity index (χ1n) is 6.23. The number of allylic oxidation sites excluding steroid dienone is 2. The van der Waals surface area contributed by atoms with Crippen LogP contribution in [0.15, 0.2) is 12.2 Å². The zero-order chi connectivity index (χ0) is 14.5. The molecule has 0 fully saturated rings. The van der Waals surface area contributed by atoms with Gasteiger partial charge in [0.15, 0.2) is 9.84 Å². The summed E-state index contributed by atoms with van der Waals surface area (Å²) in [7, 11) is -3.12. The maximum atomic E-state index is 11.9. The van der Waals surface area contributed by atoms with Crippen molar-refractivity contribution in [2.45, 2.75) is 19.8 Å². The Balaban J connectivity index is 2.53. The van der Waals surface area contributed by atoms with Crippen LogP contribution in [0.25, 0.3) is 0 Å². The fourth-order valence-electron chi connectivity index (χ4n) is 1.98. The second kappa shape index (κ2) is 6.70. The first-order valence-corrected chi connectivity index (χ1v) is 8.05. The van der Waals surface area contributed by atoms with Gasteiger partial charge in [0.2, 0.25) is 5.91 Å². The molecule has 7 heteroatoms. The van der Waals surface area contributed by atoms with E-state index in [9.17, 15) is 18.0 Å². The van der Waals surface area contributed by atoms with Crippen LogP contribution in [0.4, 0.5) is 0 Å². The van der Waals surface area contributed by atoms with Crippen LogP contribution in [0.1, 0.15) is 19.8 Å². The minimum absolute atomic E-state index is 0.0293. The van der Waals surface area contributed by atoms with Crippen molar-refractivity contribution in [3.63, 3.8) is 0 Å². The van der Waals surface area contributed by atoms with Gasteiger partial charge in [-0.1, -0.05) is 19.1 Å². The summed E-state index contributed by atoms with van der Waals surface area (Å²) < 4.78 is 22.5. The van der Waals surface area contributed by atoms with Crippen molar-refractivity contribution in [3.8, 4) is 0 Å². The van der Waals surface area contributed by atoms with Crippen LogP contribution in [0, 0.1) is 11.8 Å². The maximum absolute atomic E-state index is 11.9. The van der Waals surface area contributed by atoms with Gasteiger partial charge in [0.25, 0.3) is 0 Å². The highest BCUT2D eigenvalue weighted by Gasteiger charge is 2.33. The van der Waals surface area contributed by atoms with Crippen molar-refractivity contribution in [1.29, 1.82) is 0 Å². The number of carbonyl (C=O) groups excluding carboxylic acids is 1. The van der Waals surface area contributed by atoms with E-state index in [0.717, 1.165) is 0 Å². The maximum Gasteiger partial charge on any atom is 0.307 e. The van der Waals surface area contributed by atoms with E-state index in [4.69, 9.17) is 5.11 Å². The van der Waals surface area contributed by atoms with Crippen molar-refractivity contribution >= 4 is 21.7 Å². The van der Waals surface area contributed by atoms with Crippen LogP contribution in [-0.4, -0.2) is 43.5 Å². The van der Waals surface area contributed by atoms with E-state index in [0.29, 0.717) is 12.8 Å². The summed E-state index contributed by atoms with van der Waals surface area (Å²) in [6.45, 7) is 1.57. The summed E-state index contributed by atoms with van der Waals surface area (Å²) >= 11 is 0. The topological polar surface area (TPSA) is 101 Å². The Labute approximate surface area is 112 Å². The Bertz CT molecular complexity index is 469. The molecule has 0 heterocycles. The molecule has 0 saturated heterocycles. The number of carboxylic acid groups (broad SMARTS) is 1. The number of hydrogen-bond acceptors (Lipinski definition) is 4. The lowest BCUT2D eigenvalue weighted by Crippen LogP contribution is -2.40. The van der Waals surface area contributed by atoms with Crippen LogP contribution in [0.3, 0.4) is 0 Å². The summed E-state index contributed by atoms with van der Waals surface area (Å²) in [5.41, 5.74) is 0. The second-order valence-corrected chi connectivity index (χ2v) is 6.99. The van der Waals surface area contributed by atoms with Gasteiger partial charge in [0.05, 0.1) is 17.6 Å². The minimum atomic E-state index is -3.12. The Morgan fingerprint density at radius 2 is 1.84 bits per heavy atom. The van der Waals surface area contributed by atoms with E-state index in [1.54, 1.807) is 19.1 Å². The number of hydrogen-bond donors (Lipinski definition) is 2. The Morgan fingerprint density at radius 1 is 1.26 bits per heavy atom. The molecule has 0 unspecified atom stereocenters. The molecule has 0 aromatic heterocycles. The fourth-order valence-corrected chi connectivity index (χ4v) is 2.68. The summed E-state index contributed by atoms with van der Waals surface area (Å²) in [5, 5.41) is 11.6. The molecule has 0 aliphatic heterocycles. The lowest BCUT2D eigenvalue weighted by molar-refractivity contribution is -0.147. The van der Waals surface area contributed by atoms with Gasteiger partial charge in [-0.25, -0.2) is 8.42 Å². The third-order valence-electron chi connectivity index (χ3n) is 3.24. The number of amides is 1. The molecule has 6 nitrogen and oxygen atoms in total.